The van der Waals surface area contributed by atoms with Crippen molar-refractivity contribution >= 4 is 0 Å². The van der Waals surface area contributed by atoms with Crippen LogP contribution < -0.4 is 11.1 Å². The highest BCUT2D eigenvalue weighted by Gasteiger charge is 2.42. The summed E-state index contributed by atoms with van der Waals surface area (Å²) in [7, 11) is 1.79. The average Bonchev–Trinajstić information content (AvgIpc) is 3.00. The standard InChI is InChI=1S/C13H26N2O/c1-16-8-7-12(5-6-12)10-15-11-13(9-14)3-2-4-13/h15H,2-11,14H2,1H3. The Kier molecular flexibility index (Phi) is 3.88. The minimum absolute atomic E-state index is 0.442. The van der Waals surface area contributed by atoms with E-state index in [0.717, 1.165) is 26.2 Å². The van der Waals surface area contributed by atoms with Gasteiger partial charge >= 0.3 is 0 Å². The molecule has 94 valence electrons. The molecular weight excluding hydrogens is 200 g/mol. The maximum Gasteiger partial charge on any atom is 0.0468 e. The second-order valence-corrected chi connectivity index (χ2v) is 5.90. The van der Waals surface area contributed by atoms with Crippen molar-refractivity contribution in [1.82, 2.24) is 5.32 Å². The van der Waals surface area contributed by atoms with E-state index in [2.05, 4.69) is 5.32 Å². The van der Waals surface area contributed by atoms with E-state index in [1.807, 2.05) is 0 Å². The van der Waals surface area contributed by atoms with Gasteiger partial charge in [0.2, 0.25) is 0 Å². The lowest BCUT2D eigenvalue weighted by molar-refractivity contribution is 0.133. The Labute approximate surface area is 99.1 Å². The zero-order valence-corrected chi connectivity index (χ0v) is 10.6. The minimum Gasteiger partial charge on any atom is -0.385 e. The molecule has 0 aromatic carbocycles. The van der Waals surface area contributed by atoms with Gasteiger partial charge in [0.15, 0.2) is 0 Å². The fourth-order valence-corrected chi connectivity index (χ4v) is 2.73. The molecule has 0 amide bonds. The SMILES string of the molecule is COCCC1(CNCC2(CN)CCC2)CC1. The van der Waals surface area contributed by atoms with Gasteiger partial charge in [0.25, 0.3) is 0 Å². The molecule has 0 radical (unpaired) electrons. The van der Waals surface area contributed by atoms with Gasteiger partial charge in [-0.2, -0.15) is 0 Å². The molecule has 0 saturated heterocycles. The van der Waals surface area contributed by atoms with Gasteiger partial charge < -0.3 is 15.8 Å². The molecular formula is C13H26N2O. The van der Waals surface area contributed by atoms with Crippen molar-refractivity contribution in [3.8, 4) is 0 Å². The van der Waals surface area contributed by atoms with Crippen molar-refractivity contribution in [2.45, 2.75) is 38.5 Å². The van der Waals surface area contributed by atoms with Gasteiger partial charge in [-0.1, -0.05) is 6.42 Å². The first kappa shape index (κ1) is 12.3. The molecule has 2 rings (SSSR count). The second-order valence-electron chi connectivity index (χ2n) is 5.90. The van der Waals surface area contributed by atoms with E-state index in [4.69, 9.17) is 10.5 Å². The van der Waals surface area contributed by atoms with Crippen molar-refractivity contribution in [2.24, 2.45) is 16.6 Å². The highest BCUT2D eigenvalue weighted by atomic mass is 16.5. The molecule has 16 heavy (non-hydrogen) atoms. The molecule has 0 aromatic rings. The van der Waals surface area contributed by atoms with Crippen LogP contribution in [-0.4, -0.2) is 33.4 Å². The largest absolute Gasteiger partial charge is 0.385 e. The van der Waals surface area contributed by atoms with Crippen molar-refractivity contribution in [1.29, 1.82) is 0 Å². The van der Waals surface area contributed by atoms with Crippen LogP contribution in [0, 0.1) is 10.8 Å². The Balaban J connectivity index is 1.64. The van der Waals surface area contributed by atoms with Crippen LogP contribution in [-0.2, 0) is 4.74 Å². The molecule has 3 heteroatoms. The first-order valence-electron chi connectivity index (χ1n) is 6.64. The summed E-state index contributed by atoms with van der Waals surface area (Å²) in [5, 5.41) is 3.66. The molecule has 0 bridgehead atoms. The van der Waals surface area contributed by atoms with Crippen molar-refractivity contribution < 1.29 is 4.74 Å². The summed E-state index contributed by atoms with van der Waals surface area (Å²) < 4.78 is 5.17. The fraction of sp³-hybridized carbons (Fsp3) is 1.00. The average molecular weight is 226 g/mol. The molecule has 0 heterocycles. The maximum atomic E-state index is 5.85. The number of rotatable bonds is 8. The Morgan fingerprint density at radius 2 is 1.81 bits per heavy atom. The summed E-state index contributed by atoms with van der Waals surface area (Å²) in [5.41, 5.74) is 6.86. The number of nitrogens with two attached hydrogens (primary N) is 1. The number of nitrogens with one attached hydrogen (secondary N) is 1. The third kappa shape index (κ3) is 2.76. The Morgan fingerprint density at radius 1 is 1.12 bits per heavy atom. The van der Waals surface area contributed by atoms with Crippen LogP contribution in [0.3, 0.4) is 0 Å². The van der Waals surface area contributed by atoms with E-state index in [1.165, 1.54) is 38.5 Å². The van der Waals surface area contributed by atoms with E-state index in [0.29, 0.717) is 10.8 Å². The lowest BCUT2D eigenvalue weighted by atomic mass is 9.69. The van der Waals surface area contributed by atoms with Crippen LogP contribution in [0.25, 0.3) is 0 Å². The van der Waals surface area contributed by atoms with E-state index in [1.54, 1.807) is 7.11 Å². The smallest absolute Gasteiger partial charge is 0.0468 e. The van der Waals surface area contributed by atoms with Crippen LogP contribution in [0.15, 0.2) is 0 Å². The summed E-state index contributed by atoms with van der Waals surface area (Å²) in [4.78, 5) is 0. The molecule has 2 saturated carbocycles. The molecule has 2 aliphatic rings. The molecule has 3 N–H and O–H groups in total. The summed E-state index contributed by atoms with van der Waals surface area (Å²) in [6.45, 7) is 4.05. The molecule has 0 atom stereocenters. The molecule has 0 spiro atoms. The zero-order chi connectivity index (χ0) is 11.5. The minimum atomic E-state index is 0.442. The van der Waals surface area contributed by atoms with Gasteiger partial charge in [0.05, 0.1) is 0 Å². The Bertz CT molecular complexity index is 216. The van der Waals surface area contributed by atoms with E-state index in [-0.39, 0.29) is 0 Å². The highest BCUT2D eigenvalue weighted by molar-refractivity contribution is 4.96. The predicted molar refractivity (Wildman–Crippen MR) is 66.4 cm³/mol. The zero-order valence-electron chi connectivity index (χ0n) is 10.6. The summed E-state index contributed by atoms with van der Waals surface area (Å²) in [6.07, 6.45) is 7.97. The van der Waals surface area contributed by atoms with E-state index in [9.17, 15) is 0 Å². The van der Waals surface area contributed by atoms with Gasteiger partial charge in [-0.15, -0.1) is 0 Å². The monoisotopic (exact) mass is 226 g/mol. The van der Waals surface area contributed by atoms with Gasteiger partial charge in [-0.3, -0.25) is 0 Å². The van der Waals surface area contributed by atoms with Crippen molar-refractivity contribution in [2.75, 3.05) is 33.4 Å². The number of hydrogen-bond acceptors (Lipinski definition) is 3. The first-order chi connectivity index (χ1) is 7.74. The number of methoxy groups -OCH3 is 1. The number of hydrogen-bond donors (Lipinski definition) is 2. The van der Waals surface area contributed by atoms with Gasteiger partial charge in [0.1, 0.15) is 0 Å². The second kappa shape index (κ2) is 5.03. The maximum absolute atomic E-state index is 5.85. The van der Waals surface area contributed by atoms with Crippen LogP contribution in [0.5, 0.6) is 0 Å². The van der Waals surface area contributed by atoms with Gasteiger partial charge in [-0.05, 0) is 49.5 Å². The van der Waals surface area contributed by atoms with E-state index >= 15 is 0 Å². The van der Waals surface area contributed by atoms with Crippen molar-refractivity contribution in [3.05, 3.63) is 0 Å². The lowest BCUT2D eigenvalue weighted by Gasteiger charge is -2.41. The molecule has 2 aliphatic carbocycles. The summed E-state index contributed by atoms with van der Waals surface area (Å²) in [5.74, 6) is 0. The van der Waals surface area contributed by atoms with Crippen LogP contribution in [0.4, 0.5) is 0 Å². The van der Waals surface area contributed by atoms with Crippen LogP contribution >= 0.6 is 0 Å². The van der Waals surface area contributed by atoms with Gasteiger partial charge in [-0.25, -0.2) is 0 Å². The first-order valence-corrected chi connectivity index (χ1v) is 6.64. The van der Waals surface area contributed by atoms with Gasteiger partial charge in [0, 0.05) is 26.8 Å². The third-order valence-electron chi connectivity index (χ3n) is 4.64. The number of ether oxygens (including phenoxy) is 1. The quantitative estimate of drug-likeness (QED) is 0.660. The van der Waals surface area contributed by atoms with Crippen LogP contribution in [0.2, 0.25) is 0 Å². The molecule has 0 aliphatic heterocycles. The molecule has 0 unspecified atom stereocenters. The normalized spacial score (nSPS) is 25.1. The van der Waals surface area contributed by atoms with Crippen molar-refractivity contribution in [3.63, 3.8) is 0 Å². The van der Waals surface area contributed by atoms with E-state index < -0.39 is 0 Å². The summed E-state index contributed by atoms with van der Waals surface area (Å²) in [6, 6.07) is 0. The molecule has 2 fully saturated rings. The predicted octanol–water partition coefficient (Wildman–Crippen LogP) is 1.52. The van der Waals surface area contributed by atoms with Crippen LogP contribution in [0.1, 0.15) is 38.5 Å². The summed E-state index contributed by atoms with van der Waals surface area (Å²) >= 11 is 0. The molecule has 0 aromatic heterocycles. The molecule has 3 nitrogen and oxygen atoms in total. The third-order valence-corrected chi connectivity index (χ3v) is 4.64. The Morgan fingerprint density at radius 3 is 2.25 bits per heavy atom. The highest BCUT2D eigenvalue weighted by Crippen LogP contribution is 2.48. The Hall–Kier alpha value is -0.120. The topological polar surface area (TPSA) is 47.3 Å². The fourth-order valence-electron chi connectivity index (χ4n) is 2.73. The lowest BCUT2D eigenvalue weighted by Crippen LogP contribution is -2.46.